The van der Waals surface area contributed by atoms with Gasteiger partial charge in [-0.05, 0) is 31.5 Å². The highest BCUT2D eigenvalue weighted by Gasteiger charge is 2.19. The molecule has 2 heterocycles. The van der Waals surface area contributed by atoms with Gasteiger partial charge in [-0.2, -0.15) is 5.10 Å². The van der Waals surface area contributed by atoms with Gasteiger partial charge in [0.2, 0.25) is 0 Å². The van der Waals surface area contributed by atoms with Gasteiger partial charge in [-0.3, -0.25) is 9.58 Å². The number of benzene rings is 1. The van der Waals surface area contributed by atoms with Crippen molar-refractivity contribution in [3.63, 3.8) is 0 Å². The van der Waals surface area contributed by atoms with Crippen molar-refractivity contribution in [1.82, 2.24) is 14.7 Å². The molecule has 5 heteroatoms. The molecule has 118 valence electrons. The molecular weight excluding hydrogens is 274 g/mol. The third-order valence-electron chi connectivity index (χ3n) is 4.55. The van der Waals surface area contributed by atoms with Crippen LogP contribution in [0, 0.1) is 0 Å². The van der Waals surface area contributed by atoms with Crippen molar-refractivity contribution in [3.05, 3.63) is 30.5 Å². The first-order chi connectivity index (χ1) is 10.6. The number of nitrogens with zero attached hydrogens (tertiary/aromatic N) is 4. The highest BCUT2D eigenvalue weighted by atomic mass is 15.3. The van der Waals surface area contributed by atoms with Crippen LogP contribution in [0.15, 0.2) is 30.5 Å². The number of hydrogen-bond acceptors (Lipinski definition) is 4. The normalized spacial score (nSPS) is 16.5. The zero-order valence-electron chi connectivity index (χ0n) is 13.7. The van der Waals surface area contributed by atoms with E-state index in [1.807, 2.05) is 13.2 Å². The maximum atomic E-state index is 6.09. The summed E-state index contributed by atoms with van der Waals surface area (Å²) < 4.78 is 1.71. The minimum atomic E-state index is 0.628. The lowest BCUT2D eigenvalue weighted by atomic mass is 10.1. The van der Waals surface area contributed by atoms with E-state index >= 15 is 0 Å². The summed E-state index contributed by atoms with van der Waals surface area (Å²) in [6, 6.07) is 9.23. The molecule has 1 aromatic heterocycles. The van der Waals surface area contributed by atoms with E-state index in [0.29, 0.717) is 11.9 Å². The van der Waals surface area contributed by atoms with E-state index < -0.39 is 0 Å². The summed E-state index contributed by atoms with van der Waals surface area (Å²) >= 11 is 0. The summed E-state index contributed by atoms with van der Waals surface area (Å²) in [4.78, 5) is 4.98. The first-order valence-electron chi connectivity index (χ1n) is 7.93. The van der Waals surface area contributed by atoms with Gasteiger partial charge in [-0.25, -0.2) is 0 Å². The average Bonchev–Trinajstić information content (AvgIpc) is 2.87. The standard InChI is InChI=1S/C17H25N5/c1-13(2)21-7-9-22(10-8-21)15-6-4-5-14(11-15)16-12-19-20(3)17(16)18/h4-6,11-13H,7-10,18H2,1-3H3. The SMILES string of the molecule is CC(C)N1CCN(c2cccc(-c3cnn(C)c3N)c2)CC1. The number of nitrogens with two attached hydrogens (primary N) is 1. The lowest BCUT2D eigenvalue weighted by molar-refractivity contribution is 0.209. The van der Waals surface area contributed by atoms with E-state index in [0.717, 1.165) is 37.3 Å². The first kappa shape index (κ1) is 14.9. The number of piperazine rings is 1. The summed E-state index contributed by atoms with van der Waals surface area (Å²) in [7, 11) is 1.87. The number of aryl methyl sites for hydroxylation is 1. The number of nitrogen functional groups attached to an aromatic ring is 1. The first-order valence-corrected chi connectivity index (χ1v) is 7.93. The molecule has 5 nitrogen and oxygen atoms in total. The maximum absolute atomic E-state index is 6.09. The van der Waals surface area contributed by atoms with Crippen LogP contribution in [-0.2, 0) is 7.05 Å². The van der Waals surface area contributed by atoms with Gasteiger partial charge in [-0.1, -0.05) is 12.1 Å². The average molecular weight is 299 g/mol. The Morgan fingerprint density at radius 3 is 2.45 bits per heavy atom. The van der Waals surface area contributed by atoms with Crippen molar-refractivity contribution < 1.29 is 0 Å². The molecule has 1 aliphatic rings. The fourth-order valence-corrected chi connectivity index (χ4v) is 3.04. The van der Waals surface area contributed by atoms with E-state index in [-0.39, 0.29) is 0 Å². The molecule has 2 N–H and O–H groups in total. The van der Waals surface area contributed by atoms with Crippen molar-refractivity contribution in [2.45, 2.75) is 19.9 Å². The second-order valence-electron chi connectivity index (χ2n) is 6.23. The van der Waals surface area contributed by atoms with Crippen LogP contribution in [0.1, 0.15) is 13.8 Å². The van der Waals surface area contributed by atoms with E-state index in [4.69, 9.17) is 5.73 Å². The van der Waals surface area contributed by atoms with Crippen molar-refractivity contribution in [1.29, 1.82) is 0 Å². The second-order valence-corrected chi connectivity index (χ2v) is 6.23. The van der Waals surface area contributed by atoms with Crippen molar-refractivity contribution in [2.75, 3.05) is 36.8 Å². The summed E-state index contributed by atoms with van der Waals surface area (Å²) in [5.41, 5.74) is 9.50. The molecule has 0 bridgehead atoms. The summed E-state index contributed by atoms with van der Waals surface area (Å²) in [5.74, 6) is 0.710. The third kappa shape index (κ3) is 2.81. The monoisotopic (exact) mass is 299 g/mol. The van der Waals surface area contributed by atoms with Gasteiger partial charge in [0.15, 0.2) is 0 Å². The van der Waals surface area contributed by atoms with Crippen LogP contribution >= 0.6 is 0 Å². The van der Waals surface area contributed by atoms with Crippen LogP contribution in [0.25, 0.3) is 11.1 Å². The van der Waals surface area contributed by atoms with Crippen LogP contribution in [0.2, 0.25) is 0 Å². The highest BCUT2D eigenvalue weighted by molar-refractivity contribution is 5.76. The predicted molar refractivity (Wildman–Crippen MR) is 92.0 cm³/mol. The molecule has 1 saturated heterocycles. The molecular formula is C17H25N5. The molecule has 0 unspecified atom stereocenters. The molecule has 0 spiro atoms. The zero-order valence-corrected chi connectivity index (χ0v) is 13.7. The highest BCUT2D eigenvalue weighted by Crippen LogP contribution is 2.29. The van der Waals surface area contributed by atoms with Gasteiger partial charge in [0.25, 0.3) is 0 Å². The molecule has 1 aliphatic heterocycles. The molecule has 1 fully saturated rings. The van der Waals surface area contributed by atoms with E-state index in [2.05, 4.69) is 53.0 Å². The number of rotatable bonds is 3. The minimum Gasteiger partial charge on any atom is -0.383 e. The van der Waals surface area contributed by atoms with E-state index in [1.165, 1.54) is 5.69 Å². The Bertz CT molecular complexity index is 638. The van der Waals surface area contributed by atoms with Gasteiger partial charge < -0.3 is 10.6 Å². The number of hydrogen-bond donors (Lipinski definition) is 1. The molecule has 3 rings (SSSR count). The lowest BCUT2D eigenvalue weighted by Crippen LogP contribution is -2.48. The van der Waals surface area contributed by atoms with Crippen LogP contribution in [-0.4, -0.2) is 46.9 Å². The molecule has 1 aromatic carbocycles. The maximum Gasteiger partial charge on any atom is 0.129 e. The van der Waals surface area contributed by atoms with Gasteiger partial charge in [-0.15, -0.1) is 0 Å². The van der Waals surface area contributed by atoms with Crippen LogP contribution in [0.5, 0.6) is 0 Å². The third-order valence-corrected chi connectivity index (χ3v) is 4.55. The van der Waals surface area contributed by atoms with E-state index in [9.17, 15) is 0 Å². The number of anilines is 2. The van der Waals surface area contributed by atoms with Crippen LogP contribution in [0.3, 0.4) is 0 Å². The fourth-order valence-electron chi connectivity index (χ4n) is 3.04. The summed E-state index contributed by atoms with van der Waals surface area (Å²) in [6.07, 6.45) is 1.84. The Labute approximate surface area is 132 Å². The molecule has 0 atom stereocenters. The van der Waals surface area contributed by atoms with Gasteiger partial charge in [0.1, 0.15) is 5.82 Å². The Hall–Kier alpha value is -2.01. The van der Waals surface area contributed by atoms with Crippen LogP contribution in [0.4, 0.5) is 11.5 Å². The number of aromatic nitrogens is 2. The molecule has 2 aromatic rings. The Balaban J connectivity index is 1.79. The molecule has 0 saturated carbocycles. The quantitative estimate of drug-likeness (QED) is 0.944. The smallest absolute Gasteiger partial charge is 0.129 e. The minimum absolute atomic E-state index is 0.628. The van der Waals surface area contributed by atoms with Gasteiger partial charge >= 0.3 is 0 Å². The zero-order chi connectivity index (χ0) is 15.7. The Morgan fingerprint density at radius 1 is 1.14 bits per heavy atom. The van der Waals surface area contributed by atoms with E-state index in [1.54, 1.807) is 4.68 Å². The summed E-state index contributed by atoms with van der Waals surface area (Å²) in [5, 5.41) is 4.24. The lowest BCUT2D eigenvalue weighted by Gasteiger charge is -2.38. The topological polar surface area (TPSA) is 50.3 Å². The molecule has 22 heavy (non-hydrogen) atoms. The fraction of sp³-hybridized carbons (Fsp3) is 0.471. The van der Waals surface area contributed by atoms with Crippen molar-refractivity contribution in [2.24, 2.45) is 7.05 Å². The van der Waals surface area contributed by atoms with Crippen molar-refractivity contribution in [3.8, 4) is 11.1 Å². The van der Waals surface area contributed by atoms with Crippen LogP contribution < -0.4 is 10.6 Å². The van der Waals surface area contributed by atoms with Gasteiger partial charge in [0, 0.05) is 50.5 Å². The molecule has 0 amide bonds. The van der Waals surface area contributed by atoms with Gasteiger partial charge in [0.05, 0.1) is 6.20 Å². The van der Waals surface area contributed by atoms with Crippen molar-refractivity contribution >= 4 is 11.5 Å². The Morgan fingerprint density at radius 2 is 1.86 bits per heavy atom. The Kier molecular flexibility index (Phi) is 4.07. The predicted octanol–water partition coefficient (Wildman–Crippen LogP) is 2.20. The summed E-state index contributed by atoms with van der Waals surface area (Å²) in [6.45, 7) is 8.92. The second kappa shape index (κ2) is 6.01. The molecule has 0 radical (unpaired) electrons. The molecule has 0 aliphatic carbocycles. The largest absolute Gasteiger partial charge is 0.383 e.